The van der Waals surface area contributed by atoms with Crippen molar-refractivity contribution in [3.63, 3.8) is 0 Å². The van der Waals surface area contributed by atoms with Gasteiger partial charge in [0.25, 0.3) is 0 Å². The monoisotopic (exact) mass is 851 g/mol. The van der Waals surface area contributed by atoms with E-state index in [0.717, 1.165) is 61.2 Å². The van der Waals surface area contributed by atoms with Crippen molar-refractivity contribution in [3.05, 3.63) is 205 Å². The zero-order valence-corrected chi connectivity index (χ0v) is 38.2. The molecule has 0 saturated heterocycles. The van der Waals surface area contributed by atoms with Crippen LogP contribution in [0.2, 0.25) is 0 Å². The van der Waals surface area contributed by atoms with E-state index in [2.05, 4.69) is 202 Å². The van der Waals surface area contributed by atoms with Crippen LogP contribution in [0.25, 0.3) is 61.0 Å². The van der Waals surface area contributed by atoms with Gasteiger partial charge in [-0.25, -0.2) is 4.98 Å². The number of rotatable bonds is 8. The molecular formula is C60H56N4O. The van der Waals surface area contributed by atoms with E-state index in [-0.39, 0.29) is 10.8 Å². The van der Waals surface area contributed by atoms with Gasteiger partial charge in [-0.15, -0.1) is 0 Å². The van der Waals surface area contributed by atoms with Crippen LogP contribution in [0.5, 0.6) is 11.5 Å². The number of anilines is 2. The molecule has 10 rings (SSSR count). The number of para-hydroxylation sites is 2. The molecule has 0 unspecified atom stereocenters. The van der Waals surface area contributed by atoms with Gasteiger partial charge < -0.3 is 14.5 Å². The Bertz CT molecular complexity index is 3320. The standard InChI is InChI=1S/C60H56N4O/c1-40-32-45(59(3,4)5)33-41(2)57(40)44-28-29-61-56(34-44)64-54-25-16-15-22-52(54)53-27-26-48(38-55(53)64)65-49-36-46(60(6,7)8)35-47(37-49)62-30-31-63(39-62)58-50(42-18-11-9-12-19-42)23-17-24-51(58)43-20-13-10-14-21-43/h9-38H,39H2,1-8H3/i1D3. The van der Waals surface area contributed by atoms with Crippen LogP contribution in [0.3, 0.4) is 0 Å². The Morgan fingerprint density at radius 2 is 1.17 bits per heavy atom. The average molecular weight is 852 g/mol. The second kappa shape index (κ2) is 16.3. The zero-order valence-electron chi connectivity index (χ0n) is 41.2. The van der Waals surface area contributed by atoms with Gasteiger partial charge in [0.15, 0.2) is 0 Å². The number of aryl methyl sites for hydroxylation is 2. The molecule has 1 aliphatic heterocycles. The van der Waals surface area contributed by atoms with Crippen molar-refractivity contribution in [3.8, 4) is 50.7 Å². The van der Waals surface area contributed by atoms with E-state index in [1.165, 1.54) is 22.3 Å². The maximum absolute atomic E-state index is 8.60. The molecule has 2 aromatic heterocycles. The molecule has 5 heteroatoms. The van der Waals surface area contributed by atoms with Crippen LogP contribution < -0.4 is 14.5 Å². The molecule has 0 aliphatic carbocycles. The predicted molar refractivity (Wildman–Crippen MR) is 274 cm³/mol. The van der Waals surface area contributed by atoms with Crippen LogP contribution in [0, 0.1) is 13.8 Å². The third kappa shape index (κ3) is 7.97. The predicted octanol–water partition coefficient (Wildman–Crippen LogP) is 15.9. The van der Waals surface area contributed by atoms with Crippen LogP contribution in [-0.4, -0.2) is 16.2 Å². The second-order valence-corrected chi connectivity index (χ2v) is 19.3. The molecule has 5 nitrogen and oxygen atoms in total. The first kappa shape index (κ1) is 38.1. The van der Waals surface area contributed by atoms with Gasteiger partial charge in [0.2, 0.25) is 0 Å². The first-order valence-electron chi connectivity index (χ1n) is 24.0. The molecule has 0 fully saturated rings. The Morgan fingerprint density at radius 1 is 0.538 bits per heavy atom. The lowest BCUT2D eigenvalue weighted by Gasteiger charge is -2.28. The summed E-state index contributed by atoms with van der Waals surface area (Å²) in [6, 6.07) is 56.9. The Labute approximate surface area is 388 Å². The maximum atomic E-state index is 8.60. The van der Waals surface area contributed by atoms with Gasteiger partial charge in [0.05, 0.1) is 23.4 Å². The Hall–Kier alpha value is -7.37. The molecule has 0 amide bonds. The van der Waals surface area contributed by atoms with Crippen LogP contribution in [0.1, 0.15) is 67.9 Å². The van der Waals surface area contributed by atoms with Gasteiger partial charge in [-0.2, -0.15) is 0 Å². The largest absolute Gasteiger partial charge is 0.457 e. The van der Waals surface area contributed by atoms with Crippen LogP contribution in [0.15, 0.2) is 182 Å². The van der Waals surface area contributed by atoms with E-state index in [4.69, 9.17) is 13.8 Å². The van der Waals surface area contributed by atoms with Crippen LogP contribution >= 0.6 is 0 Å². The lowest BCUT2D eigenvalue weighted by Crippen LogP contribution is -2.26. The highest BCUT2D eigenvalue weighted by Crippen LogP contribution is 2.43. The van der Waals surface area contributed by atoms with Crippen molar-refractivity contribution in [2.24, 2.45) is 0 Å². The van der Waals surface area contributed by atoms with Crippen LogP contribution in [0.4, 0.5) is 11.4 Å². The SMILES string of the molecule is [2H]C([2H])([2H])c1cc(C(C)(C)C)cc(C)c1-c1ccnc(-n2c3ccccc3c3ccc(Oc4cc(N5C=CN(c6c(-c7ccccc7)cccc6-c6ccccc6)C5)cc(C(C)(C)C)c4)cc32)c1. The fourth-order valence-corrected chi connectivity index (χ4v) is 9.22. The number of nitrogens with zero attached hydrogens (tertiary/aromatic N) is 4. The summed E-state index contributed by atoms with van der Waals surface area (Å²) in [5.41, 5.74) is 13.4. The molecule has 7 aromatic carbocycles. The summed E-state index contributed by atoms with van der Waals surface area (Å²) in [6.07, 6.45) is 6.12. The molecule has 0 spiro atoms. The number of ether oxygens (including phenoxy) is 1. The molecule has 9 aromatic rings. The number of hydrogen-bond acceptors (Lipinski definition) is 4. The van der Waals surface area contributed by atoms with Crippen molar-refractivity contribution in [1.82, 2.24) is 9.55 Å². The maximum Gasteiger partial charge on any atom is 0.138 e. The Kier molecular flexibility index (Phi) is 9.57. The minimum absolute atomic E-state index is 0.157. The molecule has 0 saturated carbocycles. The third-order valence-corrected chi connectivity index (χ3v) is 12.7. The fourth-order valence-electron chi connectivity index (χ4n) is 9.22. The summed E-state index contributed by atoms with van der Waals surface area (Å²) >= 11 is 0. The highest BCUT2D eigenvalue weighted by Gasteiger charge is 2.25. The second-order valence-electron chi connectivity index (χ2n) is 19.3. The molecule has 0 atom stereocenters. The van der Waals surface area contributed by atoms with Crippen LogP contribution in [-0.2, 0) is 10.8 Å². The number of hydrogen-bond donors (Lipinski definition) is 0. The average Bonchev–Trinajstić information content (AvgIpc) is 3.94. The molecule has 0 bridgehead atoms. The molecule has 322 valence electrons. The Morgan fingerprint density at radius 3 is 1.86 bits per heavy atom. The van der Waals surface area contributed by atoms with E-state index in [1.54, 1.807) is 6.20 Å². The van der Waals surface area contributed by atoms with Gasteiger partial charge in [-0.1, -0.05) is 151 Å². The summed E-state index contributed by atoms with van der Waals surface area (Å²) in [5, 5.41) is 2.15. The van der Waals surface area contributed by atoms with Crippen molar-refractivity contribution >= 4 is 33.2 Å². The topological polar surface area (TPSA) is 33.5 Å². The summed E-state index contributed by atoms with van der Waals surface area (Å²) in [7, 11) is 0. The molecule has 1 aliphatic rings. The minimum Gasteiger partial charge on any atom is -0.457 e. The van der Waals surface area contributed by atoms with Gasteiger partial charge in [0.1, 0.15) is 17.3 Å². The molecule has 0 N–H and O–H groups in total. The minimum atomic E-state index is -2.31. The Balaban J connectivity index is 1.03. The summed E-state index contributed by atoms with van der Waals surface area (Å²) in [4.78, 5) is 9.56. The number of benzene rings is 7. The molecular weight excluding hydrogens is 793 g/mol. The first-order chi connectivity index (χ1) is 32.5. The van der Waals surface area contributed by atoms with Crippen molar-refractivity contribution in [2.45, 2.75) is 66.1 Å². The number of aromatic nitrogens is 2. The van der Waals surface area contributed by atoms with E-state index in [9.17, 15) is 0 Å². The van der Waals surface area contributed by atoms with Gasteiger partial charge in [-0.05, 0) is 112 Å². The third-order valence-electron chi connectivity index (χ3n) is 12.7. The molecule has 65 heavy (non-hydrogen) atoms. The fraction of sp³-hybridized carbons (Fsp3) is 0.183. The van der Waals surface area contributed by atoms with E-state index in [1.807, 2.05) is 37.3 Å². The quantitative estimate of drug-likeness (QED) is 0.152. The molecule has 3 heterocycles. The summed E-state index contributed by atoms with van der Waals surface area (Å²) in [5.74, 6) is 2.12. The van der Waals surface area contributed by atoms with Crippen molar-refractivity contribution < 1.29 is 8.85 Å². The van der Waals surface area contributed by atoms with Gasteiger partial charge >= 0.3 is 0 Å². The number of fused-ring (bicyclic) bond motifs is 3. The van der Waals surface area contributed by atoms with E-state index >= 15 is 0 Å². The first-order valence-corrected chi connectivity index (χ1v) is 22.5. The number of pyridine rings is 1. The summed E-state index contributed by atoms with van der Waals surface area (Å²) < 4.78 is 34.9. The normalized spacial score (nSPS) is 13.9. The lowest BCUT2D eigenvalue weighted by atomic mass is 9.83. The van der Waals surface area contributed by atoms with E-state index < -0.39 is 6.85 Å². The van der Waals surface area contributed by atoms with Crippen molar-refractivity contribution in [1.29, 1.82) is 0 Å². The molecule has 0 radical (unpaired) electrons. The van der Waals surface area contributed by atoms with Gasteiger partial charge in [0, 0.05) is 62.4 Å². The smallest absolute Gasteiger partial charge is 0.138 e. The highest BCUT2D eigenvalue weighted by molar-refractivity contribution is 6.09. The van der Waals surface area contributed by atoms with E-state index in [0.29, 0.717) is 29.4 Å². The van der Waals surface area contributed by atoms with Gasteiger partial charge in [-0.3, -0.25) is 4.57 Å². The summed E-state index contributed by atoms with van der Waals surface area (Å²) in [6.45, 7) is 13.4. The lowest BCUT2D eigenvalue weighted by molar-refractivity contribution is 0.479. The van der Waals surface area contributed by atoms with Crippen molar-refractivity contribution in [2.75, 3.05) is 16.5 Å². The highest BCUT2D eigenvalue weighted by atomic mass is 16.5. The zero-order chi connectivity index (χ0) is 47.5.